The number of aliphatic hydroxyl groups excluding tert-OH is 3. The van der Waals surface area contributed by atoms with Crippen molar-refractivity contribution in [2.24, 2.45) is 0 Å². The van der Waals surface area contributed by atoms with Crippen LogP contribution in [0, 0.1) is 0 Å². The Hall–Kier alpha value is 0.890. The zero-order valence-corrected chi connectivity index (χ0v) is 7.58. The summed E-state index contributed by atoms with van der Waals surface area (Å²) < 4.78 is 1.54. The van der Waals surface area contributed by atoms with E-state index in [-0.39, 0.29) is 17.8 Å². The number of hydrogen-bond donors (Lipinski definition) is 3. The Balaban J connectivity index is 3.30. The van der Waals surface area contributed by atoms with Crippen LogP contribution in [0.4, 0.5) is 0 Å². The lowest BCUT2D eigenvalue weighted by molar-refractivity contribution is 0.368. The third-order valence-electron chi connectivity index (χ3n) is 0.489. The van der Waals surface area contributed by atoms with Gasteiger partial charge in [-0.05, 0) is 35.8 Å². The zero-order valence-electron chi connectivity index (χ0n) is 5.13. The van der Waals surface area contributed by atoms with Crippen LogP contribution in [0.5, 0.6) is 0 Å². The van der Waals surface area contributed by atoms with Gasteiger partial charge in [0.2, 0.25) is 0 Å². The molecule has 0 aliphatic heterocycles. The number of nitrogens with zero attached hydrogens (tertiary/aromatic N) is 1. The minimum Gasteiger partial charge on any atom is -0.384 e. The van der Waals surface area contributed by atoms with Gasteiger partial charge < -0.3 is 15.3 Å². The van der Waals surface area contributed by atoms with Gasteiger partial charge in [-0.3, -0.25) is 0 Å². The monoisotopic (exact) mass is 203 g/mol. The second-order valence-corrected chi connectivity index (χ2v) is 4.34. The third kappa shape index (κ3) is 5.66. The first kappa shape index (κ1) is 10.9. The molecule has 0 aliphatic carbocycles. The van der Waals surface area contributed by atoms with Gasteiger partial charge in [-0.1, -0.05) is 0 Å². The molecule has 0 amide bonds. The van der Waals surface area contributed by atoms with Gasteiger partial charge in [0.25, 0.3) is 0 Å². The topological polar surface area (TPSA) is 63.9 Å². The summed E-state index contributed by atoms with van der Waals surface area (Å²) in [5.74, 6) is -0.167. The fourth-order valence-corrected chi connectivity index (χ4v) is 2.28. The summed E-state index contributed by atoms with van der Waals surface area (Å²) in [5.41, 5.74) is 0. The van der Waals surface area contributed by atoms with Gasteiger partial charge >= 0.3 is 0 Å². The van der Waals surface area contributed by atoms with Crippen LogP contribution in [0.2, 0.25) is 0 Å². The molecule has 3 N–H and O–H groups in total. The lowest BCUT2D eigenvalue weighted by Gasteiger charge is -2.13. The van der Waals surface area contributed by atoms with Gasteiger partial charge in [0.15, 0.2) is 0 Å². The predicted molar refractivity (Wildman–Crippen MR) is 45.9 cm³/mol. The highest BCUT2D eigenvalue weighted by molar-refractivity contribution is 8.25. The van der Waals surface area contributed by atoms with Crippen LogP contribution in [0.1, 0.15) is 0 Å². The van der Waals surface area contributed by atoms with E-state index >= 15 is 0 Å². The van der Waals surface area contributed by atoms with E-state index in [9.17, 15) is 0 Å². The standard InChI is InChI=1S/C3H9NO3S3/c5-1-8-4(9-2-6)10-3-7/h5-7H,1-3H2. The summed E-state index contributed by atoms with van der Waals surface area (Å²) >= 11 is 3.36. The largest absolute Gasteiger partial charge is 0.384 e. The van der Waals surface area contributed by atoms with Crippen molar-refractivity contribution in [3.05, 3.63) is 0 Å². The van der Waals surface area contributed by atoms with Gasteiger partial charge in [0.05, 0.1) is 0 Å². The predicted octanol–water partition coefficient (Wildman–Crippen LogP) is 0.0824. The highest BCUT2D eigenvalue weighted by Crippen LogP contribution is 2.28. The second-order valence-electron chi connectivity index (χ2n) is 0.998. The summed E-state index contributed by atoms with van der Waals surface area (Å²) in [6.07, 6.45) is 0. The van der Waals surface area contributed by atoms with Crippen molar-refractivity contribution >= 4 is 35.8 Å². The van der Waals surface area contributed by atoms with Gasteiger partial charge in [-0.25, -0.2) is 0 Å². The Labute approximate surface area is 72.4 Å². The fraction of sp³-hybridized carbons (Fsp3) is 1.00. The van der Waals surface area contributed by atoms with E-state index in [0.29, 0.717) is 0 Å². The first-order valence-corrected chi connectivity index (χ1v) is 5.19. The van der Waals surface area contributed by atoms with Crippen molar-refractivity contribution in [3.63, 3.8) is 0 Å². The van der Waals surface area contributed by atoms with Crippen LogP contribution in [-0.4, -0.2) is 36.3 Å². The minimum atomic E-state index is -0.0556. The molecule has 0 aromatic rings. The van der Waals surface area contributed by atoms with Crippen LogP contribution in [0.15, 0.2) is 0 Å². The van der Waals surface area contributed by atoms with Crippen LogP contribution in [-0.2, 0) is 0 Å². The van der Waals surface area contributed by atoms with E-state index in [2.05, 4.69) is 0 Å². The molecular formula is C3H9NO3S3. The molecule has 4 nitrogen and oxygen atoms in total. The van der Waals surface area contributed by atoms with E-state index in [1.807, 2.05) is 0 Å². The van der Waals surface area contributed by atoms with E-state index in [1.165, 1.54) is 0 Å². The molecule has 7 heteroatoms. The lowest BCUT2D eigenvalue weighted by atomic mass is 11.7. The van der Waals surface area contributed by atoms with Crippen LogP contribution in [0.25, 0.3) is 0 Å². The summed E-state index contributed by atoms with van der Waals surface area (Å²) in [5, 5.41) is 25.3. The Bertz CT molecular complexity index is 61.7. The third-order valence-corrected chi connectivity index (χ3v) is 3.37. The Morgan fingerprint density at radius 2 is 1.10 bits per heavy atom. The molecule has 0 unspecified atom stereocenters. The van der Waals surface area contributed by atoms with E-state index in [0.717, 1.165) is 35.8 Å². The summed E-state index contributed by atoms with van der Waals surface area (Å²) in [6.45, 7) is 0. The molecule has 0 rings (SSSR count). The van der Waals surface area contributed by atoms with Crippen molar-refractivity contribution in [2.45, 2.75) is 0 Å². The van der Waals surface area contributed by atoms with Gasteiger partial charge in [-0.15, -0.1) is 3.12 Å². The van der Waals surface area contributed by atoms with E-state index in [1.54, 1.807) is 3.12 Å². The maximum absolute atomic E-state index is 8.42. The quantitative estimate of drug-likeness (QED) is 0.417. The molecule has 0 radical (unpaired) electrons. The zero-order chi connectivity index (χ0) is 7.82. The smallest absolute Gasteiger partial charge is 0.105 e. The summed E-state index contributed by atoms with van der Waals surface area (Å²) in [6, 6.07) is 0. The Kier molecular flexibility index (Phi) is 8.70. The highest BCUT2D eigenvalue weighted by Gasteiger charge is 2.03. The van der Waals surface area contributed by atoms with Crippen LogP contribution in [0.3, 0.4) is 0 Å². The maximum Gasteiger partial charge on any atom is 0.105 e. The molecule has 0 aromatic heterocycles. The molecule has 0 saturated heterocycles. The molecule has 0 fully saturated rings. The highest BCUT2D eigenvalue weighted by atomic mass is 32.3. The van der Waals surface area contributed by atoms with Gasteiger partial charge in [0.1, 0.15) is 17.8 Å². The van der Waals surface area contributed by atoms with Crippen LogP contribution < -0.4 is 0 Å². The number of aliphatic hydroxyl groups is 3. The summed E-state index contributed by atoms with van der Waals surface area (Å²) in [4.78, 5) is 0. The molecular weight excluding hydrogens is 194 g/mol. The average Bonchev–Trinajstić information content (AvgIpc) is 1.90. The lowest BCUT2D eigenvalue weighted by Crippen LogP contribution is -1.99. The average molecular weight is 203 g/mol. The molecule has 10 heavy (non-hydrogen) atoms. The molecule has 0 spiro atoms. The molecule has 62 valence electrons. The number of hydrogen-bond acceptors (Lipinski definition) is 7. The second kappa shape index (κ2) is 7.99. The van der Waals surface area contributed by atoms with E-state index < -0.39 is 0 Å². The van der Waals surface area contributed by atoms with Crippen molar-refractivity contribution in [2.75, 3.05) is 17.8 Å². The normalized spacial score (nSPS) is 10.8. The van der Waals surface area contributed by atoms with Crippen molar-refractivity contribution in [3.8, 4) is 0 Å². The van der Waals surface area contributed by atoms with Crippen molar-refractivity contribution < 1.29 is 15.3 Å². The van der Waals surface area contributed by atoms with Crippen molar-refractivity contribution in [1.29, 1.82) is 0 Å². The van der Waals surface area contributed by atoms with Gasteiger partial charge in [0, 0.05) is 0 Å². The molecule has 0 atom stereocenters. The molecule has 0 heterocycles. The summed E-state index contributed by atoms with van der Waals surface area (Å²) in [7, 11) is 0. The molecule has 0 aromatic carbocycles. The Morgan fingerprint density at radius 3 is 1.30 bits per heavy atom. The molecule has 0 aliphatic rings. The molecule has 0 saturated carbocycles. The first-order chi connectivity index (χ1) is 4.85. The fourth-order valence-electron chi connectivity index (χ4n) is 0.253. The van der Waals surface area contributed by atoms with E-state index in [4.69, 9.17) is 15.3 Å². The first-order valence-electron chi connectivity index (χ1n) is 2.36. The van der Waals surface area contributed by atoms with Gasteiger partial charge in [-0.2, -0.15) is 0 Å². The number of rotatable bonds is 6. The maximum atomic E-state index is 8.42. The minimum absolute atomic E-state index is 0.0556. The van der Waals surface area contributed by atoms with Crippen LogP contribution >= 0.6 is 35.8 Å². The van der Waals surface area contributed by atoms with Crippen molar-refractivity contribution in [1.82, 2.24) is 3.12 Å². The Morgan fingerprint density at radius 1 is 0.800 bits per heavy atom. The SMILES string of the molecule is OCSN(SCO)SCO. The molecule has 0 bridgehead atoms.